The van der Waals surface area contributed by atoms with Crippen LogP contribution < -0.4 is 0 Å². The molecule has 0 heterocycles. The lowest BCUT2D eigenvalue weighted by molar-refractivity contribution is -0.0457. The van der Waals surface area contributed by atoms with E-state index in [2.05, 4.69) is 20.3 Å². The van der Waals surface area contributed by atoms with Crippen LogP contribution in [0.3, 0.4) is 0 Å². The van der Waals surface area contributed by atoms with E-state index in [1.54, 1.807) is 0 Å². The van der Waals surface area contributed by atoms with Crippen molar-refractivity contribution in [3.05, 3.63) is 6.42 Å². The summed E-state index contributed by atoms with van der Waals surface area (Å²) in [7, 11) is 0. The Morgan fingerprint density at radius 3 is 2.53 bits per heavy atom. The largest absolute Gasteiger partial charge is 0.394 e. The van der Waals surface area contributed by atoms with Crippen LogP contribution in [-0.4, -0.2) is 37.1 Å². The summed E-state index contributed by atoms with van der Waals surface area (Å²) >= 11 is 0. The molecule has 1 N–H and O–H groups in total. The molecule has 0 bridgehead atoms. The average molecular weight is 217 g/mol. The van der Waals surface area contributed by atoms with Crippen molar-refractivity contribution in [2.45, 2.75) is 45.6 Å². The van der Waals surface area contributed by atoms with E-state index in [4.69, 9.17) is 14.6 Å². The van der Waals surface area contributed by atoms with Gasteiger partial charge in [0.15, 0.2) is 0 Å². The highest BCUT2D eigenvalue weighted by molar-refractivity contribution is 4.87. The van der Waals surface area contributed by atoms with E-state index < -0.39 is 0 Å². The van der Waals surface area contributed by atoms with Crippen molar-refractivity contribution in [2.75, 3.05) is 26.4 Å². The van der Waals surface area contributed by atoms with E-state index in [0.29, 0.717) is 19.8 Å². The van der Waals surface area contributed by atoms with Crippen LogP contribution in [0.2, 0.25) is 0 Å². The zero-order valence-electron chi connectivity index (χ0n) is 10.3. The number of aliphatic hydroxyl groups excluding tert-OH is 1. The van der Waals surface area contributed by atoms with E-state index in [1.165, 1.54) is 12.8 Å². The summed E-state index contributed by atoms with van der Waals surface area (Å²) in [5.74, 6) is 0. The van der Waals surface area contributed by atoms with Crippen molar-refractivity contribution in [3.8, 4) is 0 Å². The van der Waals surface area contributed by atoms with E-state index in [-0.39, 0.29) is 12.2 Å². The van der Waals surface area contributed by atoms with Gasteiger partial charge < -0.3 is 14.6 Å². The fourth-order valence-electron chi connectivity index (χ4n) is 1.33. The number of rotatable bonds is 10. The second kappa shape index (κ2) is 9.13. The van der Waals surface area contributed by atoms with Crippen molar-refractivity contribution < 1.29 is 14.6 Å². The molecule has 0 aliphatic carbocycles. The van der Waals surface area contributed by atoms with Gasteiger partial charge in [0.25, 0.3) is 0 Å². The summed E-state index contributed by atoms with van der Waals surface area (Å²) in [4.78, 5) is 0. The number of ether oxygens (including phenoxy) is 2. The molecule has 1 unspecified atom stereocenters. The van der Waals surface area contributed by atoms with Gasteiger partial charge in [-0.25, -0.2) is 0 Å². The molecule has 0 saturated carbocycles. The predicted octanol–water partition coefficient (Wildman–Crippen LogP) is 2.18. The zero-order chi connectivity index (χ0) is 11.6. The van der Waals surface area contributed by atoms with Gasteiger partial charge in [0.05, 0.1) is 32.0 Å². The molecule has 3 heteroatoms. The lowest BCUT2D eigenvalue weighted by Crippen LogP contribution is -2.30. The van der Waals surface area contributed by atoms with Gasteiger partial charge in [0.2, 0.25) is 0 Å². The summed E-state index contributed by atoms with van der Waals surface area (Å²) in [6.07, 6.45) is 5.53. The SMILES string of the molecule is C[CH]C(C)(CCCC)OCCOCCO. The molecule has 3 nitrogen and oxygen atoms in total. The van der Waals surface area contributed by atoms with Crippen molar-refractivity contribution in [1.82, 2.24) is 0 Å². The molecule has 0 saturated heterocycles. The third-order valence-electron chi connectivity index (χ3n) is 2.53. The normalized spacial score (nSPS) is 15.2. The third kappa shape index (κ3) is 7.77. The van der Waals surface area contributed by atoms with Crippen LogP contribution in [0.4, 0.5) is 0 Å². The Labute approximate surface area is 93.8 Å². The van der Waals surface area contributed by atoms with Crippen LogP contribution in [0, 0.1) is 6.42 Å². The minimum Gasteiger partial charge on any atom is -0.394 e. The first-order valence-electron chi connectivity index (χ1n) is 5.81. The van der Waals surface area contributed by atoms with Crippen LogP contribution in [0.15, 0.2) is 0 Å². The van der Waals surface area contributed by atoms with Crippen LogP contribution >= 0.6 is 0 Å². The molecule has 0 aromatic heterocycles. The lowest BCUT2D eigenvalue weighted by atomic mass is 9.96. The molecule has 0 aliphatic rings. The van der Waals surface area contributed by atoms with Crippen molar-refractivity contribution in [2.24, 2.45) is 0 Å². The molecular formula is C12H25O3. The van der Waals surface area contributed by atoms with Crippen LogP contribution in [0.25, 0.3) is 0 Å². The topological polar surface area (TPSA) is 38.7 Å². The number of aliphatic hydroxyl groups is 1. The van der Waals surface area contributed by atoms with Gasteiger partial charge in [-0.2, -0.15) is 0 Å². The average Bonchev–Trinajstić information content (AvgIpc) is 2.26. The lowest BCUT2D eigenvalue weighted by Gasteiger charge is -2.28. The Bertz CT molecular complexity index is 139. The number of hydrogen-bond donors (Lipinski definition) is 1. The summed E-state index contributed by atoms with van der Waals surface area (Å²) < 4.78 is 10.9. The highest BCUT2D eigenvalue weighted by Gasteiger charge is 2.21. The van der Waals surface area contributed by atoms with Gasteiger partial charge in [0, 0.05) is 0 Å². The molecule has 1 atom stereocenters. The molecule has 1 radical (unpaired) electrons. The van der Waals surface area contributed by atoms with E-state index in [1.807, 2.05) is 6.92 Å². The van der Waals surface area contributed by atoms with Crippen LogP contribution in [0.5, 0.6) is 0 Å². The monoisotopic (exact) mass is 217 g/mol. The Morgan fingerprint density at radius 2 is 2.00 bits per heavy atom. The Kier molecular flexibility index (Phi) is 9.06. The Hall–Kier alpha value is -0.120. The van der Waals surface area contributed by atoms with Gasteiger partial charge in [-0.15, -0.1) is 0 Å². The van der Waals surface area contributed by atoms with Crippen LogP contribution in [-0.2, 0) is 9.47 Å². The maximum atomic E-state index is 8.52. The summed E-state index contributed by atoms with van der Waals surface area (Å²) in [6, 6.07) is 0. The zero-order valence-corrected chi connectivity index (χ0v) is 10.3. The molecule has 0 aliphatic heterocycles. The van der Waals surface area contributed by atoms with E-state index in [0.717, 1.165) is 6.42 Å². The first-order valence-corrected chi connectivity index (χ1v) is 5.81. The maximum Gasteiger partial charge on any atom is 0.0708 e. The van der Waals surface area contributed by atoms with E-state index in [9.17, 15) is 0 Å². The molecule has 0 fully saturated rings. The second-order valence-electron chi connectivity index (χ2n) is 3.89. The first-order chi connectivity index (χ1) is 7.18. The summed E-state index contributed by atoms with van der Waals surface area (Å²) in [5, 5.41) is 8.52. The molecule has 0 aromatic carbocycles. The molecule has 15 heavy (non-hydrogen) atoms. The molecule has 0 spiro atoms. The highest BCUT2D eigenvalue weighted by atomic mass is 16.5. The predicted molar refractivity (Wildman–Crippen MR) is 61.8 cm³/mol. The molecule has 0 rings (SSSR count). The van der Waals surface area contributed by atoms with Gasteiger partial charge in [-0.1, -0.05) is 26.7 Å². The smallest absolute Gasteiger partial charge is 0.0708 e. The van der Waals surface area contributed by atoms with Gasteiger partial charge in [-0.05, 0) is 19.8 Å². The number of unbranched alkanes of at least 4 members (excludes halogenated alkanes) is 1. The third-order valence-corrected chi connectivity index (χ3v) is 2.53. The minimum absolute atomic E-state index is 0.0764. The molecule has 0 amide bonds. The maximum absolute atomic E-state index is 8.52. The fourth-order valence-corrected chi connectivity index (χ4v) is 1.33. The highest BCUT2D eigenvalue weighted by Crippen LogP contribution is 2.21. The fraction of sp³-hybridized carbons (Fsp3) is 0.917. The van der Waals surface area contributed by atoms with Gasteiger partial charge in [0.1, 0.15) is 0 Å². The van der Waals surface area contributed by atoms with Crippen LogP contribution in [0.1, 0.15) is 40.0 Å². The van der Waals surface area contributed by atoms with Crippen molar-refractivity contribution in [1.29, 1.82) is 0 Å². The second-order valence-corrected chi connectivity index (χ2v) is 3.89. The molecule has 91 valence electrons. The minimum atomic E-state index is -0.126. The molecule has 0 aromatic rings. The Morgan fingerprint density at radius 1 is 1.27 bits per heavy atom. The van der Waals surface area contributed by atoms with Crippen molar-refractivity contribution in [3.63, 3.8) is 0 Å². The van der Waals surface area contributed by atoms with E-state index >= 15 is 0 Å². The van der Waals surface area contributed by atoms with Gasteiger partial charge >= 0.3 is 0 Å². The standard InChI is InChI=1S/C12H25O3/c1-4-6-7-12(3,5-2)15-11-10-14-9-8-13/h5,13H,4,6-11H2,1-3H3. The summed E-state index contributed by atoms with van der Waals surface area (Å²) in [5.41, 5.74) is -0.126. The van der Waals surface area contributed by atoms with Gasteiger partial charge in [-0.3, -0.25) is 0 Å². The number of hydrogen-bond acceptors (Lipinski definition) is 3. The quantitative estimate of drug-likeness (QED) is 0.570. The first kappa shape index (κ1) is 14.9. The Balaban J connectivity index is 3.58. The van der Waals surface area contributed by atoms with Crippen molar-refractivity contribution >= 4 is 0 Å². The molecular weight excluding hydrogens is 192 g/mol. The summed E-state index contributed by atoms with van der Waals surface area (Å²) in [6.45, 7) is 7.93.